The van der Waals surface area contributed by atoms with Crippen LogP contribution in [0.3, 0.4) is 0 Å². The van der Waals surface area contributed by atoms with Crippen molar-refractivity contribution in [2.24, 2.45) is 0 Å². The van der Waals surface area contributed by atoms with Gasteiger partial charge in [-0.1, -0.05) is 17.7 Å². The van der Waals surface area contributed by atoms with Gasteiger partial charge >= 0.3 is 0 Å². The van der Waals surface area contributed by atoms with Crippen molar-refractivity contribution in [3.8, 4) is 0 Å². The Balaban J connectivity index is 2.33. The predicted octanol–water partition coefficient (Wildman–Crippen LogP) is 3.58. The fourth-order valence-corrected chi connectivity index (χ4v) is 3.82. The normalized spacial score (nSPS) is 12.5. The number of rotatable bonds is 5. The monoisotopic (exact) mass is 384 g/mol. The number of aryl methyl sites for hydroxylation is 1. The van der Waals surface area contributed by atoms with Crippen LogP contribution < -0.4 is 9.62 Å². The molecular weight excluding hydrogens is 367 g/mol. The van der Waals surface area contributed by atoms with Crippen LogP contribution in [0.25, 0.3) is 0 Å². The molecule has 1 N–H and O–H groups in total. The second-order valence-corrected chi connectivity index (χ2v) is 7.96. The van der Waals surface area contributed by atoms with Crippen molar-refractivity contribution in [3.05, 3.63) is 58.9 Å². The molecule has 0 aliphatic carbocycles. The first-order chi connectivity index (χ1) is 11.6. The van der Waals surface area contributed by atoms with E-state index in [1.54, 1.807) is 25.1 Å². The summed E-state index contributed by atoms with van der Waals surface area (Å²) in [6.45, 7) is 3.21. The first kappa shape index (κ1) is 19.2. The van der Waals surface area contributed by atoms with Crippen molar-refractivity contribution < 1.29 is 17.6 Å². The van der Waals surface area contributed by atoms with Crippen LogP contribution in [-0.4, -0.2) is 26.6 Å². The summed E-state index contributed by atoms with van der Waals surface area (Å²) in [4.78, 5) is 12.6. The van der Waals surface area contributed by atoms with E-state index < -0.39 is 27.8 Å². The molecule has 25 heavy (non-hydrogen) atoms. The molecule has 0 unspecified atom stereocenters. The third-order valence-corrected chi connectivity index (χ3v) is 5.07. The van der Waals surface area contributed by atoms with Crippen LogP contribution >= 0.6 is 11.6 Å². The van der Waals surface area contributed by atoms with Crippen molar-refractivity contribution in [3.63, 3.8) is 0 Å². The van der Waals surface area contributed by atoms with Crippen LogP contribution in [0.4, 0.5) is 15.8 Å². The van der Waals surface area contributed by atoms with E-state index in [1.165, 1.54) is 25.1 Å². The molecule has 2 aromatic rings. The average molecular weight is 385 g/mol. The van der Waals surface area contributed by atoms with Gasteiger partial charge in [0.25, 0.3) is 0 Å². The zero-order chi connectivity index (χ0) is 18.8. The van der Waals surface area contributed by atoms with Gasteiger partial charge in [-0.25, -0.2) is 12.8 Å². The Kier molecular flexibility index (Phi) is 5.69. The van der Waals surface area contributed by atoms with Crippen LogP contribution in [0.1, 0.15) is 12.5 Å². The van der Waals surface area contributed by atoms with Crippen molar-refractivity contribution in [1.29, 1.82) is 0 Å². The van der Waals surface area contributed by atoms with E-state index in [9.17, 15) is 17.6 Å². The number of halogens is 2. The van der Waals surface area contributed by atoms with E-state index in [4.69, 9.17) is 11.6 Å². The minimum Gasteiger partial charge on any atom is -0.324 e. The number of hydrogen-bond donors (Lipinski definition) is 1. The lowest BCUT2D eigenvalue weighted by atomic mass is 10.2. The van der Waals surface area contributed by atoms with Crippen molar-refractivity contribution in [2.45, 2.75) is 19.9 Å². The maximum atomic E-state index is 13.5. The van der Waals surface area contributed by atoms with Crippen LogP contribution in [-0.2, 0) is 14.8 Å². The molecule has 0 aromatic heterocycles. The van der Waals surface area contributed by atoms with E-state index in [1.807, 2.05) is 0 Å². The van der Waals surface area contributed by atoms with Crippen molar-refractivity contribution in [2.75, 3.05) is 15.9 Å². The number of carbonyl (C=O) groups excluding carboxylic acids is 1. The van der Waals surface area contributed by atoms with Gasteiger partial charge in [-0.05, 0) is 55.8 Å². The third kappa shape index (κ3) is 4.70. The SMILES string of the molecule is Cc1cc(Cl)ccc1NC(=O)[C@H](C)N(c1cccc(F)c1)S(C)(=O)=O. The Labute approximate surface area is 151 Å². The highest BCUT2D eigenvalue weighted by Gasteiger charge is 2.29. The molecule has 0 saturated heterocycles. The molecule has 0 heterocycles. The molecule has 1 amide bonds. The van der Waals surface area contributed by atoms with Crippen LogP contribution in [0.2, 0.25) is 5.02 Å². The fraction of sp³-hybridized carbons (Fsp3) is 0.235. The van der Waals surface area contributed by atoms with Crippen LogP contribution in [0, 0.1) is 12.7 Å². The van der Waals surface area contributed by atoms with Crippen LogP contribution in [0.5, 0.6) is 0 Å². The minimum absolute atomic E-state index is 0.0815. The molecule has 0 aliphatic rings. The average Bonchev–Trinajstić information content (AvgIpc) is 2.48. The van der Waals surface area contributed by atoms with Gasteiger partial charge in [-0.15, -0.1) is 0 Å². The minimum atomic E-state index is -3.80. The van der Waals surface area contributed by atoms with Gasteiger partial charge in [0.05, 0.1) is 11.9 Å². The molecule has 5 nitrogen and oxygen atoms in total. The number of sulfonamides is 1. The Hall–Kier alpha value is -2.12. The van der Waals surface area contributed by atoms with E-state index in [-0.39, 0.29) is 5.69 Å². The van der Waals surface area contributed by atoms with Gasteiger partial charge in [-0.3, -0.25) is 9.10 Å². The second-order valence-electron chi connectivity index (χ2n) is 5.66. The smallest absolute Gasteiger partial charge is 0.248 e. The molecule has 8 heteroatoms. The molecule has 2 rings (SSSR count). The Morgan fingerprint density at radius 3 is 2.48 bits per heavy atom. The summed E-state index contributed by atoms with van der Waals surface area (Å²) in [5.41, 5.74) is 1.34. The zero-order valence-electron chi connectivity index (χ0n) is 14.0. The van der Waals surface area contributed by atoms with E-state index in [2.05, 4.69) is 5.32 Å². The van der Waals surface area contributed by atoms with Gasteiger partial charge < -0.3 is 5.32 Å². The summed E-state index contributed by atoms with van der Waals surface area (Å²) in [6.07, 6.45) is 0.967. The zero-order valence-corrected chi connectivity index (χ0v) is 15.5. The number of amides is 1. The summed E-state index contributed by atoms with van der Waals surface area (Å²) >= 11 is 5.89. The first-order valence-corrected chi connectivity index (χ1v) is 9.64. The number of nitrogens with zero attached hydrogens (tertiary/aromatic N) is 1. The highest BCUT2D eigenvalue weighted by molar-refractivity contribution is 7.92. The number of benzene rings is 2. The van der Waals surface area contributed by atoms with Crippen LogP contribution in [0.15, 0.2) is 42.5 Å². The lowest BCUT2D eigenvalue weighted by Crippen LogP contribution is -2.45. The van der Waals surface area contributed by atoms with E-state index in [0.717, 1.165) is 22.2 Å². The van der Waals surface area contributed by atoms with Crippen molar-refractivity contribution in [1.82, 2.24) is 0 Å². The van der Waals surface area contributed by atoms with E-state index in [0.29, 0.717) is 10.7 Å². The maximum absolute atomic E-state index is 13.5. The lowest BCUT2D eigenvalue weighted by molar-refractivity contribution is -0.116. The molecule has 0 bridgehead atoms. The summed E-state index contributed by atoms with van der Waals surface area (Å²) in [5.74, 6) is -1.13. The number of nitrogens with one attached hydrogen (secondary N) is 1. The highest BCUT2D eigenvalue weighted by Crippen LogP contribution is 2.24. The number of hydrogen-bond acceptors (Lipinski definition) is 3. The van der Waals surface area contributed by atoms with E-state index >= 15 is 0 Å². The molecule has 0 saturated carbocycles. The summed E-state index contributed by atoms with van der Waals surface area (Å²) in [7, 11) is -3.80. The molecule has 134 valence electrons. The Morgan fingerprint density at radius 1 is 1.24 bits per heavy atom. The molecule has 0 aliphatic heterocycles. The number of carbonyl (C=O) groups is 1. The molecule has 0 spiro atoms. The Morgan fingerprint density at radius 2 is 1.92 bits per heavy atom. The maximum Gasteiger partial charge on any atom is 0.248 e. The summed E-state index contributed by atoms with van der Waals surface area (Å²) in [5, 5.41) is 3.21. The molecule has 1 atom stereocenters. The quantitative estimate of drug-likeness (QED) is 0.856. The molecule has 2 aromatic carbocycles. The first-order valence-electron chi connectivity index (χ1n) is 7.41. The molecular formula is C17H18ClFN2O3S. The fourth-order valence-electron chi connectivity index (χ4n) is 2.43. The standard InChI is InChI=1S/C17H18ClFN2O3S/c1-11-9-13(18)7-8-16(11)20-17(22)12(2)21(25(3,23)24)15-6-4-5-14(19)10-15/h4-10,12H,1-3H3,(H,20,22)/t12-/m0/s1. The number of anilines is 2. The van der Waals surface area contributed by atoms with Gasteiger partial charge in [0, 0.05) is 10.7 Å². The third-order valence-electron chi connectivity index (χ3n) is 3.60. The van der Waals surface area contributed by atoms with Gasteiger partial charge in [0.2, 0.25) is 15.9 Å². The topological polar surface area (TPSA) is 66.5 Å². The highest BCUT2D eigenvalue weighted by atomic mass is 35.5. The predicted molar refractivity (Wildman–Crippen MR) is 98.0 cm³/mol. The largest absolute Gasteiger partial charge is 0.324 e. The summed E-state index contributed by atoms with van der Waals surface area (Å²) < 4.78 is 38.7. The van der Waals surface area contributed by atoms with Crippen molar-refractivity contribution >= 4 is 38.9 Å². The Bertz CT molecular complexity index is 903. The lowest BCUT2D eigenvalue weighted by Gasteiger charge is -2.28. The second kappa shape index (κ2) is 7.41. The van der Waals surface area contributed by atoms with Gasteiger partial charge in [0.15, 0.2) is 0 Å². The molecule has 0 radical (unpaired) electrons. The summed E-state index contributed by atoms with van der Waals surface area (Å²) in [6, 6.07) is 8.95. The molecule has 0 fully saturated rings. The van der Waals surface area contributed by atoms with Gasteiger partial charge in [-0.2, -0.15) is 0 Å². The van der Waals surface area contributed by atoms with Gasteiger partial charge in [0.1, 0.15) is 11.9 Å².